The zero-order valence-corrected chi connectivity index (χ0v) is 12.3. The van der Waals surface area contributed by atoms with Gasteiger partial charge in [-0.3, -0.25) is 4.57 Å². The topological polar surface area (TPSA) is 46.5 Å². The summed E-state index contributed by atoms with van der Waals surface area (Å²) in [6, 6.07) is 0. The minimum atomic E-state index is -2.55. The van der Waals surface area contributed by atoms with E-state index in [1.807, 2.05) is 6.92 Å². The summed E-state index contributed by atoms with van der Waals surface area (Å²) >= 11 is 5.50. The van der Waals surface area contributed by atoms with Gasteiger partial charge in [-0.05, 0) is 18.8 Å². The molecule has 5 heteroatoms. The van der Waals surface area contributed by atoms with Crippen molar-refractivity contribution in [2.45, 2.75) is 45.1 Å². The summed E-state index contributed by atoms with van der Waals surface area (Å²) in [5.74, 6) is 0.676. The van der Waals surface area contributed by atoms with Gasteiger partial charge in [-0.1, -0.05) is 26.2 Å². The van der Waals surface area contributed by atoms with Crippen molar-refractivity contribution in [1.29, 1.82) is 0 Å². The molecule has 2 atom stereocenters. The fourth-order valence-corrected chi connectivity index (χ4v) is 4.53. The van der Waals surface area contributed by atoms with E-state index >= 15 is 0 Å². The Bertz CT molecular complexity index is 254. The van der Waals surface area contributed by atoms with Gasteiger partial charge in [-0.25, -0.2) is 0 Å². The molecule has 2 unspecified atom stereocenters. The van der Waals surface area contributed by atoms with Crippen LogP contribution < -0.4 is 0 Å². The van der Waals surface area contributed by atoms with E-state index < -0.39 is 13.5 Å². The maximum atomic E-state index is 12.5. The van der Waals surface area contributed by atoms with Crippen molar-refractivity contribution < 1.29 is 14.2 Å². The highest BCUT2D eigenvalue weighted by molar-refractivity contribution is 7.58. The van der Waals surface area contributed by atoms with Crippen LogP contribution in [-0.2, 0) is 9.09 Å². The van der Waals surface area contributed by atoms with Crippen molar-refractivity contribution in [3.05, 3.63) is 0 Å². The number of rotatable bonds is 7. The molecule has 1 N–H and O–H groups in total. The number of halogens is 1. The fraction of sp³-hybridized carbons (Fsp3) is 1.00. The van der Waals surface area contributed by atoms with Crippen molar-refractivity contribution in [2.24, 2.45) is 5.92 Å². The van der Waals surface area contributed by atoms with Crippen molar-refractivity contribution in [2.75, 3.05) is 24.8 Å². The van der Waals surface area contributed by atoms with Crippen LogP contribution in [0.5, 0.6) is 0 Å². The second kappa shape index (κ2) is 7.78. The van der Waals surface area contributed by atoms with Crippen molar-refractivity contribution in [3.8, 4) is 0 Å². The molecule has 0 aromatic heterocycles. The van der Waals surface area contributed by atoms with Crippen LogP contribution >= 0.6 is 19.0 Å². The van der Waals surface area contributed by atoms with Crippen LogP contribution in [0.15, 0.2) is 0 Å². The van der Waals surface area contributed by atoms with Gasteiger partial charge in [-0.2, -0.15) is 0 Å². The first kappa shape index (κ1) is 15.5. The van der Waals surface area contributed by atoms with E-state index in [9.17, 15) is 9.67 Å². The molecule has 0 aromatic rings. The fourth-order valence-electron chi connectivity index (χ4n) is 2.30. The molecule has 0 aliphatic heterocycles. The van der Waals surface area contributed by atoms with Crippen LogP contribution in [0.3, 0.4) is 0 Å². The molecule has 1 rings (SSSR count). The molecular formula is C12H24ClO3P. The zero-order valence-electron chi connectivity index (χ0n) is 10.6. The third-order valence-electron chi connectivity index (χ3n) is 3.42. The van der Waals surface area contributed by atoms with E-state index in [1.54, 1.807) is 0 Å². The molecule has 1 aliphatic rings. The quantitative estimate of drug-likeness (QED) is 0.574. The molecule has 0 heterocycles. The van der Waals surface area contributed by atoms with E-state index in [1.165, 1.54) is 32.1 Å². The molecule has 0 amide bonds. The Hall–Kier alpha value is 0.440. The zero-order chi connectivity index (χ0) is 12.7. The largest absolute Gasteiger partial charge is 0.389 e. The Morgan fingerprint density at radius 3 is 2.59 bits per heavy atom. The van der Waals surface area contributed by atoms with E-state index in [4.69, 9.17) is 16.1 Å². The third-order valence-corrected chi connectivity index (χ3v) is 6.44. The molecule has 0 aromatic carbocycles. The van der Waals surface area contributed by atoms with Crippen LogP contribution in [0.1, 0.15) is 39.0 Å². The summed E-state index contributed by atoms with van der Waals surface area (Å²) in [7, 11) is -2.55. The highest BCUT2D eigenvalue weighted by Crippen LogP contribution is 2.50. The molecule has 0 spiro atoms. The highest BCUT2D eigenvalue weighted by atomic mass is 35.5. The van der Waals surface area contributed by atoms with Gasteiger partial charge in [0.2, 0.25) is 7.37 Å². The molecule has 0 bridgehead atoms. The van der Waals surface area contributed by atoms with Gasteiger partial charge < -0.3 is 9.63 Å². The third kappa shape index (κ3) is 5.74. The Kier molecular flexibility index (Phi) is 7.10. The van der Waals surface area contributed by atoms with Crippen molar-refractivity contribution in [1.82, 2.24) is 0 Å². The van der Waals surface area contributed by atoms with E-state index in [0.717, 1.165) is 0 Å². The van der Waals surface area contributed by atoms with E-state index in [-0.39, 0.29) is 12.5 Å². The predicted molar refractivity (Wildman–Crippen MR) is 72.3 cm³/mol. The molecule has 1 saturated carbocycles. The number of hydrogen-bond acceptors (Lipinski definition) is 3. The standard InChI is InChI=1S/C12H24ClO3P/c1-2-17(15,16-9-12(14)8-13)10-11-6-4-3-5-7-11/h11-12,14H,2-10H2,1H3. The van der Waals surface area contributed by atoms with Gasteiger partial charge in [0.15, 0.2) is 0 Å². The Balaban J connectivity index is 2.40. The summed E-state index contributed by atoms with van der Waals surface area (Å²) < 4.78 is 17.9. The van der Waals surface area contributed by atoms with Crippen molar-refractivity contribution >= 4 is 19.0 Å². The summed E-state index contributed by atoms with van der Waals surface area (Å²) in [6.45, 7) is 2.00. The molecule has 102 valence electrons. The minimum Gasteiger partial charge on any atom is -0.389 e. The number of hydrogen-bond donors (Lipinski definition) is 1. The first-order chi connectivity index (χ1) is 8.09. The van der Waals surface area contributed by atoms with Gasteiger partial charge >= 0.3 is 0 Å². The summed E-state index contributed by atoms with van der Waals surface area (Å²) in [5, 5.41) is 9.34. The maximum Gasteiger partial charge on any atom is 0.203 e. The van der Waals surface area contributed by atoms with Crippen LogP contribution in [0.4, 0.5) is 0 Å². The maximum absolute atomic E-state index is 12.5. The Labute approximate surface area is 109 Å². The molecule has 0 radical (unpaired) electrons. The molecule has 17 heavy (non-hydrogen) atoms. The molecule has 0 saturated heterocycles. The first-order valence-corrected chi connectivity index (χ1v) is 9.09. The van der Waals surface area contributed by atoms with Crippen LogP contribution in [0.25, 0.3) is 0 Å². The number of alkyl halides is 1. The van der Waals surface area contributed by atoms with Crippen LogP contribution in [0.2, 0.25) is 0 Å². The Morgan fingerprint density at radius 1 is 1.41 bits per heavy atom. The van der Waals surface area contributed by atoms with Gasteiger partial charge in [0.1, 0.15) is 0 Å². The lowest BCUT2D eigenvalue weighted by Gasteiger charge is -2.26. The second-order valence-corrected chi connectivity index (χ2v) is 8.11. The summed E-state index contributed by atoms with van der Waals surface area (Å²) in [5.41, 5.74) is 0. The van der Waals surface area contributed by atoms with E-state index in [0.29, 0.717) is 18.2 Å². The lowest BCUT2D eigenvalue weighted by molar-refractivity contribution is 0.126. The monoisotopic (exact) mass is 282 g/mol. The van der Waals surface area contributed by atoms with Gasteiger partial charge in [-0.15, -0.1) is 11.6 Å². The molecule has 3 nitrogen and oxygen atoms in total. The van der Waals surface area contributed by atoms with Gasteiger partial charge in [0.25, 0.3) is 0 Å². The lowest BCUT2D eigenvalue weighted by Crippen LogP contribution is -2.19. The van der Waals surface area contributed by atoms with Crippen LogP contribution in [-0.4, -0.2) is 36.0 Å². The second-order valence-electron chi connectivity index (χ2n) is 4.92. The first-order valence-electron chi connectivity index (χ1n) is 6.56. The molecular weight excluding hydrogens is 259 g/mol. The predicted octanol–water partition coefficient (Wildman–Crippen LogP) is 3.48. The number of aliphatic hydroxyl groups excluding tert-OH is 1. The highest BCUT2D eigenvalue weighted by Gasteiger charge is 2.27. The average molecular weight is 283 g/mol. The van der Waals surface area contributed by atoms with Crippen LogP contribution in [0, 0.1) is 5.92 Å². The Morgan fingerprint density at radius 2 is 2.06 bits per heavy atom. The van der Waals surface area contributed by atoms with Gasteiger partial charge in [0, 0.05) is 12.3 Å². The molecule has 1 fully saturated rings. The summed E-state index contributed by atoms with van der Waals surface area (Å²) in [6.07, 6.45) is 6.67. The minimum absolute atomic E-state index is 0.0985. The van der Waals surface area contributed by atoms with Gasteiger partial charge in [0.05, 0.1) is 18.6 Å². The normalized spacial score (nSPS) is 23.2. The summed E-state index contributed by atoms with van der Waals surface area (Å²) in [4.78, 5) is 0. The molecule has 1 aliphatic carbocycles. The smallest absolute Gasteiger partial charge is 0.203 e. The number of aliphatic hydroxyl groups is 1. The SMILES string of the molecule is CCP(=O)(CC1CCCCC1)OCC(O)CCl. The van der Waals surface area contributed by atoms with Crippen molar-refractivity contribution in [3.63, 3.8) is 0 Å². The van der Waals surface area contributed by atoms with E-state index in [2.05, 4.69) is 0 Å². The lowest BCUT2D eigenvalue weighted by atomic mass is 9.91. The average Bonchev–Trinajstić information content (AvgIpc) is 2.37.